The van der Waals surface area contributed by atoms with Crippen molar-refractivity contribution in [3.8, 4) is 0 Å². The fraction of sp³-hybridized carbons (Fsp3) is 0.579. The van der Waals surface area contributed by atoms with Crippen LogP contribution in [-0.4, -0.2) is 97.7 Å². The largest absolute Gasteiger partial charge is 0.481 e. The molecule has 0 aliphatic carbocycles. The van der Waals surface area contributed by atoms with Crippen molar-refractivity contribution in [2.45, 2.75) is 49.9 Å². The number of carboxylic acid groups (broad SMARTS) is 2. The summed E-state index contributed by atoms with van der Waals surface area (Å²) in [7, 11) is 0. The molecule has 15 heteroatoms. The number of aromatic nitrogens is 2. The number of hydrogen-bond acceptors (Lipinski definition) is 9. The van der Waals surface area contributed by atoms with Crippen LogP contribution in [0, 0.1) is 0 Å². The van der Waals surface area contributed by atoms with Gasteiger partial charge >= 0.3 is 11.9 Å². The summed E-state index contributed by atoms with van der Waals surface area (Å²) in [5, 5.41) is 34.6. The molecule has 0 aliphatic rings. The minimum absolute atomic E-state index is 0.0749. The third-order valence-electron chi connectivity index (χ3n) is 4.66. The number of nitrogens with one attached hydrogen (secondary N) is 4. The molecule has 0 aromatic carbocycles. The number of aliphatic hydroxyl groups is 1. The lowest BCUT2D eigenvalue weighted by atomic mass is 10.1. The Kier molecular flexibility index (Phi) is 12.6. The van der Waals surface area contributed by atoms with Gasteiger partial charge in [0.1, 0.15) is 18.1 Å². The highest BCUT2D eigenvalue weighted by atomic mass is 32.2. The van der Waals surface area contributed by atoms with Crippen molar-refractivity contribution >= 4 is 41.4 Å². The number of carboxylic acids is 2. The van der Waals surface area contributed by atoms with Crippen molar-refractivity contribution in [2.24, 2.45) is 5.73 Å². The van der Waals surface area contributed by atoms with E-state index in [2.05, 4.69) is 25.9 Å². The van der Waals surface area contributed by atoms with E-state index < -0.39 is 60.4 Å². The molecule has 14 nitrogen and oxygen atoms in total. The Morgan fingerprint density at radius 2 is 1.65 bits per heavy atom. The lowest BCUT2D eigenvalue weighted by Gasteiger charge is -2.24. The lowest BCUT2D eigenvalue weighted by Crippen LogP contribution is -2.58. The Morgan fingerprint density at radius 3 is 2.18 bits per heavy atom. The Bertz CT molecular complexity index is 837. The Labute approximate surface area is 199 Å². The fourth-order valence-electron chi connectivity index (χ4n) is 2.75. The number of aliphatic hydroxyl groups excluding tert-OH is 1. The third kappa shape index (κ3) is 10.2. The van der Waals surface area contributed by atoms with Gasteiger partial charge in [-0.2, -0.15) is 11.8 Å². The molecule has 0 saturated heterocycles. The number of nitrogens with two attached hydrogens (primary N) is 1. The average molecular weight is 503 g/mol. The van der Waals surface area contributed by atoms with Crippen LogP contribution in [-0.2, 0) is 30.4 Å². The summed E-state index contributed by atoms with van der Waals surface area (Å²) in [5.74, 6) is -4.47. The Morgan fingerprint density at radius 1 is 1.03 bits per heavy atom. The predicted octanol–water partition coefficient (Wildman–Crippen LogP) is -2.57. The first kappa shape index (κ1) is 28.9. The van der Waals surface area contributed by atoms with Gasteiger partial charge in [0, 0.05) is 24.7 Å². The van der Waals surface area contributed by atoms with Crippen molar-refractivity contribution in [3.05, 3.63) is 18.2 Å². The summed E-state index contributed by atoms with van der Waals surface area (Å²) in [6.07, 6.45) is 4.11. The van der Waals surface area contributed by atoms with E-state index in [-0.39, 0.29) is 25.7 Å². The maximum Gasteiger partial charge on any atom is 0.326 e. The van der Waals surface area contributed by atoms with Crippen LogP contribution in [0.3, 0.4) is 0 Å². The molecule has 1 aromatic heterocycles. The number of H-pyrrole nitrogens is 1. The molecule has 0 saturated carbocycles. The molecule has 9 N–H and O–H groups in total. The topological polar surface area (TPSA) is 237 Å². The summed E-state index contributed by atoms with van der Waals surface area (Å²) >= 11 is 1.39. The van der Waals surface area contributed by atoms with Crippen molar-refractivity contribution in [3.63, 3.8) is 0 Å². The molecule has 4 unspecified atom stereocenters. The van der Waals surface area contributed by atoms with E-state index in [1.54, 1.807) is 6.26 Å². The SMILES string of the molecule is CSCCC(NC(=O)C(CO)NC(=O)C(Cc1cnc[nH]1)NC(=O)C(N)CCC(=O)O)C(=O)O. The van der Waals surface area contributed by atoms with Crippen LogP contribution in [0.25, 0.3) is 0 Å². The normalized spacial score (nSPS) is 14.3. The van der Waals surface area contributed by atoms with Gasteiger partial charge < -0.3 is 42.0 Å². The number of imidazole rings is 1. The second kappa shape index (κ2) is 14.9. The van der Waals surface area contributed by atoms with E-state index in [1.807, 2.05) is 0 Å². The monoisotopic (exact) mass is 502 g/mol. The van der Waals surface area contributed by atoms with Crippen LogP contribution >= 0.6 is 11.8 Å². The van der Waals surface area contributed by atoms with Gasteiger partial charge in [0.25, 0.3) is 0 Å². The fourth-order valence-corrected chi connectivity index (χ4v) is 3.22. The Balaban J connectivity index is 2.89. The molecule has 0 aliphatic heterocycles. The quantitative estimate of drug-likeness (QED) is 0.117. The first-order valence-corrected chi connectivity index (χ1v) is 11.7. The van der Waals surface area contributed by atoms with Crippen molar-refractivity contribution in [2.75, 3.05) is 18.6 Å². The van der Waals surface area contributed by atoms with Crippen LogP contribution < -0.4 is 21.7 Å². The molecule has 0 bridgehead atoms. The number of thioether (sulfide) groups is 1. The van der Waals surface area contributed by atoms with Crippen molar-refractivity contribution < 1.29 is 39.3 Å². The second-order valence-corrected chi connectivity index (χ2v) is 8.29. The first-order valence-electron chi connectivity index (χ1n) is 10.3. The molecule has 0 spiro atoms. The van der Waals surface area contributed by atoms with Crippen molar-refractivity contribution in [1.29, 1.82) is 0 Å². The summed E-state index contributed by atoms with van der Waals surface area (Å²) in [6.45, 7) is -0.824. The molecule has 4 atom stereocenters. The van der Waals surface area contributed by atoms with E-state index in [9.17, 15) is 34.2 Å². The molecule has 1 aromatic rings. The summed E-state index contributed by atoms with van der Waals surface area (Å²) in [5.41, 5.74) is 6.16. The van der Waals surface area contributed by atoms with E-state index in [0.29, 0.717) is 11.4 Å². The third-order valence-corrected chi connectivity index (χ3v) is 5.30. The molecular weight excluding hydrogens is 472 g/mol. The standard InChI is InChI=1S/C19H30N6O8S/c1-34-5-4-12(19(32)33)23-18(31)14(8-26)25-17(30)13(6-10-7-21-9-22-10)24-16(29)11(20)2-3-15(27)28/h7,9,11-14,26H,2-6,8,20H2,1H3,(H,21,22)(H,23,31)(H,24,29)(H,25,30)(H,27,28)(H,32,33). The molecule has 190 valence electrons. The number of carbonyl (C=O) groups excluding carboxylic acids is 3. The summed E-state index contributed by atoms with van der Waals surface area (Å²) in [4.78, 5) is 66.4. The number of aromatic amines is 1. The van der Waals surface area contributed by atoms with Crippen LogP contribution in [0.2, 0.25) is 0 Å². The molecule has 3 amide bonds. The minimum Gasteiger partial charge on any atom is -0.481 e. The molecule has 1 heterocycles. The highest BCUT2D eigenvalue weighted by molar-refractivity contribution is 7.98. The number of carbonyl (C=O) groups is 5. The van der Waals surface area contributed by atoms with Gasteiger partial charge in [0.2, 0.25) is 17.7 Å². The summed E-state index contributed by atoms with van der Waals surface area (Å²) in [6, 6.07) is -5.14. The van der Waals surface area contributed by atoms with Gasteiger partial charge in [-0.05, 0) is 24.9 Å². The smallest absolute Gasteiger partial charge is 0.326 e. The molecule has 1 rings (SSSR count). The van der Waals surface area contributed by atoms with E-state index in [0.717, 1.165) is 0 Å². The molecular formula is C19H30N6O8S. The number of hydrogen-bond donors (Lipinski definition) is 8. The predicted molar refractivity (Wildman–Crippen MR) is 121 cm³/mol. The first-order chi connectivity index (χ1) is 16.1. The van der Waals surface area contributed by atoms with Gasteiger partial charge in [-0.25, -0.2) is 9.78 Å². The highest BCUT2D eigenvalue weighted by Crippen LogP contribution is 2.04. The zero-order valence-corrected chi connectivity index (χ0v) is 19.3. The maximum absolute atomic E-state index is 12.9. The van der Waals surface area contributed by atoms with Gasteiger partial charge in [-0.15, -0.1) is 0 Å². The lowest BCUT2D eigenvalue weighted by molar-refractivity contribution is -0.142. The maximum atomic E-state index is 12.9. The number of nitrogens with zero attached hydrogens (tertiary/aromatic N) is 1. The van der Waals surface area contributed by atoms with Crippen molar-refractivity contribution in [1.82, 2.24) is 25.9 Å². The zero-order chi connectivity index (χ0) is 25.7. The van der Waals surface area contributed by atoms with E-state index in [4.69, 9.17) is 10.8 Å². The van der Waals surface area contributed by atoms with Crippen LogP contribution in [0.5, 0.6) is 0 Å². The molecule has 34 heavy (non-hydrogen) atoms. The summed E-state index contributed by atoms with van der Waals surface area (Å²) < 4.78 is 0. The van der Waals surface area contributed by atoms with Crippen LogP contribution in [0.15, 0.2) is 12.5 Å². The second-order valence-electron chi connectivity index (χ2n) is 7.31. The van der Waals surface area contributed by atoms with Gasteiger partial charge in [-0.3, -0.25) is 19.2 Å². The molecule has 0 fully saturated rings. The minimum atomic E-state index is -1.48. The number of rotatable bonds is 16. The zero-order valence-electron chi connectivity index (χ0n) is 18.5. The molecule has 0 radical (unpaired) electrons. The van der Waals surface area contributed by atoms with Gasteiger partial charge in [0.15, 0.2) is 0 Å². The number of amides is 3. The van der Waals surface area contributed by atoms with E-state index in [1.165, 1.54) is 24.3 Å². The highest BCUT2D eigenvalue weighted by Gasteiger charge is 2.30. The van der Waals surface area contributed by atoms with E-state index >= 15 is 0 Å². The Hall–Kier alpha value is -3.17. The van der Waals surface area contributed by atoms with Crippen LogP contribution in [0.1, 0.15) is 25.0 Å². The number of aliphatic carboxylic acids is 2. The van der Waals surface area contributed by atoms with Gasteiger partial charge in [0.05, 0.1) is 19.0 Å². The average Bonchev–Trinajstić information content (AvgIpc) is 3.30. The van der Waals surface area contributed by atoms with Crippen LogP contribution in [0.4, 0.5) is 0 Å². The van der Waals surface area contributed by atoms with Gasteiger partial charge in [-0.1, -0.05) is 0 Å².